The van der Waals surface area contributed by atoms with Gasteiger partial charge in [0.25, 0.3) is 0 Å². The Labute approximate surface area is 154 Å². The molecule has 0 saturated carbocycles. The number of morpholine rings is 1. The van der Waals surface area contributed by atoms with E-state index in [2.05, 4.69) is 16.5 Å². The summed E-state index contributed by atoms with van der Waals surface area (Å²) in [6.45, 7) is 10.9. The number of hydrogen-bond donors (Lipinski definition) is 0. The fourth-order valence-corrected chi connectivity index (χ4v) is 2.84. The van der Waals surface area contributed by atoms with Crippen molar-refractivity contribution in [3.05, 3.63) is 54.7 Å². The third-order valence-electron chi connectivity index (χ3n) is 4.12. The van der Waals surface area contributed by atoms with Crippen LogP contribution in [0.3, 0.4) is 0 Å². The molecule has 0 atom stereocenters. The molecule has 1 aromatic carbocycles. The first-order valence-electron chi connectivity index (χ1n) is 9.03. The van der Waals surface area contributed by atoms with Crippen molar-refractivity contribution < 1.29 is 4.74 Å². The molecule has 0 amide bonds. The van der Waals surface area contributed by atoms with Gasteiger partial charge in [0.2, 0.25) is 0 Å². The van der Waals surface area contributed by atoms with Gasteiger partial charge in [-0.2, -0.15) is 0 Å². The second-order valence-electron chi connectivity index (χ2n) is 5.68. The number of benzene rings is 1. The van der Waals surface area contributed by atoms with E-state index in [9.17, 15) is 0 Å². The van der Waals surface area contributed by atoms with E-state index >= 15 is 0 Å². The van der Waals surface area contributed by atoms with E-state index in [1.165, 1.54) is 0 Å². The number of rotatable bonds is 3. The summed E-state index contributed by atoms with van der Waals surface area (Å²) >= 11 is 0. The molecule has 0 bridgehead atoms. The number of anilines is 1. The Kier molecular flexibility index (Phi) is 5.92. The van der Waals surface area contributed by atoms with Gasteiger partial charge in [-0.1, -0.05) is 56.8 Å². The summed E-state index contributed by atoms with van der Waals surface area (Å²) in [5, 5.41) is 0. The Morgan fingerprint density at radius 1 is 1.08 bits per heavy atom. The summed E-state index contributed by atoms with van der Waals surface area (Å²) in [7, 11) is 0. The number of nitrogens with zero attached hydrogens (tertiary/aromatic N) is 4. The van der Waals surface area contributed by atoms with Gasteiger partial charge < -0.3 is 9.64 Å². The minimum absolute atomic E-state index is 0.705. The van der Waals surface area contributed by atoms with E-state index in [0.29, 0.717) is 19.0 Å². The lowest BCUT2D eigenvalue weighted by Gasteiger charge is -2.28. The maximum atomic E-state index is 5.47. The van der Waals surface area contributed by atoms with Gasteiger partial charge in [0.1, 0.15) is 5.52 Å². The predicted molar refractivity (Wildman–Crippen MR) is 107 cm³/mol. The summed E-state index contributed by atoms with van der Waals surface area (Å²) in [6, 6.07) is 12.0. The normalized spacial score (nSPS) is 13.8. The summed E-state index contributed by atoms with van der Waals surface area (Å²) in [5.74, 6) is 1.59. The lowest BCUT2D eigenvalue weighted by molar-refractivity contribution is 0.122. The highest BCUT2D eigenvalue weighted by Crippen LogP contribution is 2.27. The van der Waals surface area contributed by atoms with Crippen LogP contribution in [-0.2, 0) is 4.74 Å². The van der Waals surface area contributed by atoms with Crippen molar-refractivity contribution in [2.45, 2.75) is 13.8 Å². The van der Waals surface area contributed by atoms with Crippen molar-refractivity contribution >= 4 is 22.9 Å². The molecule has 5 nitrogen and oxygen atoms in total. The molecule has 0 spiro atoms. The zero-order valence-corrected chi connectivity index (χ0v) is 15.4. The molecule has 0 radical (unpaired) electrons. The van der Waals surface area contributed by atoms with Crippen molar-refractivity contribution in [1.82, 2.24) is 15.0 Å². The van der Waals surface area contributed by atoms with Crippen LogP contribution in [0.15, 0.2) is 49.2 Å². The van der Waals surface area contributed by atoms with E-state index in [-0.39, 0.29) is 0 Å². The van der Waals surface area contributed by atoms with Gasteiger partial charge in [-0.25, -0.2) is 9.97 Å². The Hall–Kier alpha value is -2.79. The first-order chi connectivity index (χ1) is 12.8. The molecule has 1 saturated heterocycles. The van der Waals surface area contributed by atoms with Gasteiger partial charge in [-0.05, 0) is 11.6 Å². The van der Waals surface area contributed by atoms with E-state index in [1.807, 2.05) is 56.4 Å². The maximum absolute atomic E-state index is 5.47. The molecule has 5 heteroatoms. The van der Waals surface area contributed by atoms with Gasteiger partial charge >= 0.3 is 0 Å². The molecule has 2 aromatic heterocycles. The molecule has 4 rings (SSSR count). The number of pyridine rings is 1. The maximum Gasteiger partial charge on any atom is 0.162 e. The Morgan fingerprint density at radius 2 is 1.81 bits per heavy atom. The predicted octanol–water partition coefficient (Wildman–Crippen LogP) is 4.20. The number of ether oxygens (including phenoxy) is 1. The van der Waals surface area contributed by atoms with E-state index < -0.39 is 0 Å². The van der Waals surface area contributed by atoms with Gasteiger partial charge in [0.05, 0.1) is 18.7 Å². The summed E-state index contributed by atoms with van der Waals surface area (Å²) in [4.78, 5) is 16.4. The lowest BCUT2D eigenvalue weighted by atomic mass is 10.2. The number of fused-ring (bicyclic) bond motifs is 1. The largest absolute Gasteiger partial charge is 0.378 e. The van der Waals surface area contributed by atoms with Crippen LogP contribution in [0.1, 0.15) is 19.4 Å². The Morgan fingerprint density at radius 3 is 2.50 bits per heavy atom. The summed E-state index contributed by atoms with van der Waals surface area (Å²) in [5.41, 5.74) is 3.61. The van der Waals surface area contributed by atoms with E-state index in [0.717, 1.165) is 41.1 Å². The highest BCUT2D eigenvalue weighted by atomic mass is 16.5. The van der Waals surface area contributed by atoms with Crippen molar-refractivity contribution in [3.63, 3.8) is 0 Å². The lowest BCUT2D eigenvalue weighted by Crippen LogP contribution is -2.37. The molecule has 0 N–H and O–H groups in total. The molecular weight excluding hydrogens is 324 g/mol. The van der Waals surface area contributed by atoms with Gasteiger partial charge in [0, 0.05) is 24.8 Å². The highest BCUT2D eigenvalue weighted by molar-refractivity contribution is 5.88. The standard InChI is InChI=1S/C19H18N4O.C2H6/c1-2-14-12-16-17(20-13-14)19(23-8-10-24-11-9-23)22-18(21-16)15-6-4-3-5-7-15;1-2/h2-7,12-13H,1,8-11H2;1-2H3. The van der Waals surface area contributed by atoms with Gasteiger partial charge in [0.15, 0.2) is 11.6 Å². The van der Waals surface area contributed by atoms with Crippen molar-refractivity contribution in [2.24, 2.45) is 0 Å². The molecule has 3 aromatic rings. The van der Waals surface area contributed by atoms with Crippen molar-refractivity contribution in [3.8, 4) is 11.4 Å². The second kappa shape index (κ2) is 8.54. The van der Waals surface area contributed by atoms with Crippen molar-refractivity contribution in [2.75, 3.05) is 31.2 Å². The van der Waals surface area contributed by atoms with Crippen LogP contribution >= 0.6 is 0 Å². The van der Waals surface area contributed by atoms with Crippen LogP contribution in [0.5, 0.6) is 0 Å². The Balaban J connectivity index is 0.000000948. The molecule has 26 heavy (non-hydrogen) atoms. The molecule has 0 aliphatic carbocycles. The fraction of sp³-hybridized carbons (Fsp3) is 0.286. The molecule has 1 aliphatic rings. The zero-order valence-electron chi connectivity index (χ0n) is 15.4. The summed E-state index contributed by atoms with van der Waals surface area (Å²) in [6.07, 6.45) is 3.59. The van der Waals surface area contributed by atoms with Gasteiger partial charge in [-0.15, -0.1) is 0 Å². The molecule has 134 valence electrons. The second-order valence-corrected chi connectivity index (χ2v) is 5.68. The van der Waals surface area contributed by atoms with Crippen LogP contribution in [-0.4, -0.2) is 41.3 Å². The van der Waals surface area contributed by atoms with Crippen LogP contribution in [0.4, 0.5) is 5.82 Å². The van der Waals surface area contributed by atoms with Gasteiger partial charge in [-0.3, -0.25) is 4.98 Å². The quantitative estimate of drug-likeness (QED) is 0.710. The minimum atomic E-state index is 0.705. The minimum Gasteiger partial charge on any atom is -0.378 e. The fourth-order valence-electron chi connectivity index (χ4n) is 2.84. The number of hydrogen-bond acceptors (Lipinski definition) is 5. The molecule has 1 fully saturated rings. The smallest absolute Gasteiger partial charge is 0.162 e. The van der Waals surface area contributed by atoms with Crippen LogP contribution in [0.25, 0.3) is 28.5 Å². The molecule has 3 heterocycles. The average Bonchev–Trinajstić information content (AvgIpc) is 2.75. The topological polar surface area (TPSA) is 51.1 Å². The summed E-state index contributed by atoms with van der Waals surface area (Å²) < 4.78 is 5.47. The first kappa shape index (κ1) is 18.0. The van der Waals surface area contributed by atoms with Crippen molar-refractivity contribution in [1.29, 1.82) is 0 Å². The molecule has 0 unspecified atom stereocenters. The zero-order chi connectivity index (χ0) is 18.4. The Bertz CT molecular complexity index is 874. The third-order valence-corrected chi connectivity index (χ3v) is 4.12. The van der Waals surface area contributed by atoms with Crippen LogP contribution < -0.4 is 4.90 Å². The average molecular weight is 348 g/mol. The number of aromatic nitrogens is 3. The van der Waals surface area contributed by atoms with Crippen LogP contribution in [0.2, 0.25) is 0 Å². The van der Waals surface area contributed by atoms with Crippen LogP contribution in [0, 0.1) is 0 Å². The van der Waals surface area contributed by atoms with E-state index in [1.54, 1.807) is 6.08 Å². The molecule has 1 aliphatic heterocycles. The molecular formula is C21H24N4O. The van der Waals surface area contributed by atoms with E-state index in [4.69, 9.17) is 14.7 Å². The first-order valence-corrected chi connectivity index (χ1v) is 9.03. The third kappa shape index (κ3) is 3.73. The monoisotopic (exact) mass is 348 g/mol. The highest BCUT2D eigenvalue weighted by Gasteiger charge is 2.19. The SMILES string of the molecule is C=Cc1cnc2c(N3CCOCC3)nc(-c3ccccc3)nc2c1.CC.